The molecule has 2 atom stereocenters. The van der Waals surface area contributed by atoms with Crippen LogP contribution in [-0.4, -0.2) is 75.5 Å². The van der Waals surface area contributed by atoms with E-state index in [1.807, 2.05) is 0 Å². The Kier molecular flexibility index (Phi) is 15.8. The normalized spacial score (nSPS) is 21.5. The monoisotopic (exact) mass is 484 g/mol. The van der Waals surface area contributed by atoms with Crippen LogP contribution >= 0.6 is 24.0 Å². The van der Waals surface area contributed by atoms with Gasteiger partial charge in [0, 0.05) is 45.9 Å². The maximum atomic E-state index is 5.78. The lowest BCUT2D eigenvalue weighted by Gasteiger charge is -2.35. The van der Waals surface area contributed by atoms with E-state index in [1.165, 1.54) is 0 Å². The molecule has 1 saturated heterocycles. The van der Waals surface area contributed by atoms with Gasteiger partial charge in [-0.2, -0.15) is 0 Å². The number of nitrogens with zero attached hydrogens (tertiary/aromatic N) is 2. The molecule has 0 amide bonds. The first kappa shape index (κ1) is 25.9. The van der Waals surface area contributed by atoms with Crippen molar-refractivity contribution in [1.29, 1.82) is 0 Å². The molecule has 0 aromatic rings. The van der Waals surface area contributed by atoms with Crippen LogP contribution in [0.15, 0.2) is 4.99 Å². The summed E-state index contributed by atoms with van der Waals surface area (Å²) in [5.74, 6) is 1.59. The lowest BCUT2D eigenvalue weighted by Crippen LogP contribution is -2.45. The minimum absolute atomic E-state index is 0. The molecule has 0 aliphatic carbocycles. The number of guanidine groups is 1. The first-order valence-corrected chi connectivity index (χ1v) is 9.99. The summed E-state index contributed by atoms with van der Waals surface area (Å²) in [6.07, 6.45) is 2.86. The molecule has 156 valence electrons. The molecule has 0 bridgehead atoms. The average Bonchev–Trinajstić information content (AvgIpc) is 2.53. The van der Waals surface area contributed by atoms with Gasteiger partial charge in [-0.3, -0.25) is 9.89 Å². The van der Waals surface area contributed by atoms with E-state index in [4.69, 9.17) is 9.47 Å². The second-order valence-electron chi connectivity index (χ2n) is 7.35. The largest absolute Gasteiger partial charge is 0.380 e. The number of hydrogen-bond donors (Lipinski definition) is 2. The molecule has 6 nitrogen and oxygen atoms in total. The van der Waals surface area contributed by atoms with Gasteiger partial charge in [0.25, 0.3) is 0 Å². The number of morpholine rings is 1. The Morgan fingerprint density at radius 1 is 1.19 bits per heavy atom. The highest BCUT2D eigenvalue weighted by molar-refractivity contribution is 14.0. The zero-order valence-corrected chi connectivity index (χ0v) is 19.8. The van der Waals surface area contributed by atoms with Gasteiger partial charge in [0.15, 0.2) is 5.96 Å². The second-order valence-corrected chi connectivity index (χ2v) is 7.35. The molecule has 0 spiro atoms. The number of ether oxygens (including phenoxy) is 2. The zero-order chi connectivity index (χ0) is 18.5. The second kappa shape index (κ2) is 15.9. The Bertz CT molecular complexity index is 359. The predicted octanol–water partition coefficient (Wildman–Crippen LogP) is 2.72. The quantitative estimate of drug-likeness (QED) is 0.205. The fourth-order valence-electron chi connectivity index (χ4n) is 2.96. The zero-order valence-electron chi connectivity index (χ0n) is 17.4. The van der Waals surface area contributed by atoms with Crippen LogP contribution in [0.5, 0.6) is 0 Å². The maximum absolute atomic E-state index is 5.78. The van der Waals surface area contributed by atoms with Gasteiger partial charge in [-0.05, 0) is 39.5 Å². The molecule has 0 radical (unpaired) electrons. The molecule has 0 aromatic heterocycles. The summed E-state index contributed by atoms with van der Waals surface area (Å²) in [5, 5.41) is 6.64. The summed E-state index contributed by atoms with van der Waals surface area (Å²) >= 11 is 0. The highest BCUT2D eigenvalue weighted by Gasteiger charge is 2.21. The van der Waals surface area contributed by atoms with Crippen LogP contribution in [0.25, 0.3) is 0 Å². The predicted molar refractivity (Wildman–Crippen MR) is 121 cm³/mol. The van der Waals surface area contributed by atoms with E-state index in [2.05, 4.69) is 55.1 Å². The van der Waals surface area contributed by atoms with Crippen molar-refractivity contribution < 1.29 is 9.47 Å². The number of aliphatic imine (C=N–C) groups is 1. The molecule has 1 rings (SSSR count). The molecular formula is C19H41IN4O2. The summed E-state index contributed by atoms with van der Waals surface area (Å²) in [6, 6.07) is 0. The van der Waals surface area contributed by atoms with Crippen LogP contribution in [0.2, 0.25) is 0 Å². The molecule has 1 fully saturated rings. The first-order chi connectivity index (χ1) is 12.0. The van der Waals surface area contributed by atoms with E-state index in [1.54, 1.807) is 0 Å². The van der Waals surface area contributed by atoms with Crippen LogP contribution in [0.3, 0.4) is 0 Å². The van der Waals surface area contributed by atoms with Crippen molar-refractivity contribution in [3.05, 3.63) is 0 Å². The third-order valence-electron chi connectivity index (χ3n) is 4.12. The molecule has 1 aliphatic heterocycles. The van der Waals surface area contributed by atoms with Crippen molar-refractivity contribution in [2.75, 3.05) is 52.5 Å². The Labute approximate surface area is 177 Å². The summed E-state index contributed by atoms with van der Waals surface area (Å²) in [6.45, 7) is 18.0. The molecule has 1 aliphatic rings. The van der Waals surface area contributed by atoms with E-state index in [0.717, 1.165) is 71.3 Å². The average molecular weight is 484 g/mol. The molecule has 1 heterocycles. The number of halogens is 1. The van der Waals surface area contributed by atoms with E-state index >= 15 is 0 Å². The summed E-state index contributed by atoms with van der Waals surface area (Å²) < 4.78 is 11.4. The van der Waals surface area contributed by atoms with Gasteiger partial charge in [-0.15, -0.1) is 24.0 Å². The fourth-order valence-corrected chi connectivity index (χ4v) is 2.96. The van der Waals surface area contributed by atoms with E-state index < -0.39 is 0 Å². The third-order valence-corrected chi connectivity index (χ3v) is 4.12. The van der Waals surface area contributed by atoms with E-state index in [-0.39, 0.29) is 24.0 Å². The minimum Gasteiger partial charge on any atom is -0.380 e. The number of nitrogens with one attached hydrogen (secondary N) is 2. The highest BCUT2D eigenvalue weighted by atomic mass is 127. The third kappa shape index (κ3) is 13.1. The molecule has 2 unspecified atom stereocenters. The smallest absolute Gasteiger partial charge is 0.191 e. The Hall–Kier alpha value is -0.120. The summed E-state index contributed by atoms with van der Waals surface area (Å²) in [5.41, 5.74) is 0. The highest BCUT2D eigenvalue weighted by Crippen LogP contribution is 2.10. The van der Waals surface area contributed by atoms with Crippen molar-refractivity contribution in [3.8, 4) is 0 Å². The molecule has 7 heteroatoms. The molecule has 2 N–H and O–H groups in total. The van der Waals surface area contributed by atoms with Gasteiger partial charge in [0.1, 0.15) is 0 Å². The summed E-state index contributed by atoms with van der Waals surface area (Å²) in [7, 11) is 0. The van der Waals surface area contributed by atoms with Crippen LogP contribution in [0, 0.1) is 5.92 Å². The summed E-state index contributed by atoms with van der Waals surface area (Å²) in [4.78, 5) is 7.15. The standard InChI is InChI=1S/C19H40N4O2.HI/c1-6-20-19(22-10-13-24-12-8-16(2)3)21-9-7-11-23-14-17(4)25-18(5)15-23;/h16-18H,6-15H2,1-5H3,(H2,20,21,22);1H. The van der Waals surface area contributed by atoms with Crippen LogP contribution in [0.4, 0.5) is 0 Å². The minimum atomic E-state index is 0. The van der Waals surface area contributed by atoms with Crippen LogP contribution in [-0.2, 0) is 9.47 Å². The van der Waals surface area contributed by atoms with Crippen molar-refractivity contribution in [2.24, 2.45) is 10.9 Å². The Balaban J connectivity index is 0.00000625. The lowest BCUT2D eigenvalue weighted by molar-refractivity contribution is -0.0679. The molecule has 0 aromatic carbocycles. The van der Waals surface area contributed by atoms with E-state index in [9.17, 15) is 0 Å². The number of rotatable bonds is 11. The van der Waals surface area contributed by atoms with Gasteiger partial charge in [-0.25, -0.2) is 0 Å². The Morgan fingerprint density at radius 3 is 2.50 bits per heavy atom. The first-order valence-electron chi connectivity index (χ1n) is 9.99. The van der Waals surface area contributed by atoms with Crippen molar-refractivity contribution in [2.45, 2.75) is 59.7 Å². The topological polar surface area (TPSA) is 58.1 Å². The molecule has 0 saturated carbocycles. The Morgan fingerprint density at radius 2 is 1.88 bits per heavy atom. The lowest BCUT2D eigenvalue weighted by atomic mass is 10.1. The van der Waals surface area contributed by atoms with Crippen LogP contribution < -0.4 is 10.6 Å². The van der Waals surface area contributed by atoms with Gasteiger partial charge < -0.3 is 20.1 Å². The van der Waals surface area contributed by atoms with Gasteiger partial charge >= 0.3 is 0 Å². The van der Waals surface area contributed by atoms with E-state index in [0.29, 0.717) is 18.1 Å². The number of hydrogen-bond acceptors (Lipinski definition) is 4. The van der Waals surface area contributed by atoms with Gasteiger partial charge in [0.05, 0.1) is 18.8 Å². The van der Waals surface area contributed by atoms with Gasteiger partial charge in [-0.1, -0.05) is 13.8 Å². The molecular weight excluding hydrogens is 443 g/mol. The van der Waals surface area contributed by atoms with Crippen molar-refractivity contribution in [3.63, 3.8) is 0 Å². The fraction of sp³-hybridized carbons (Fsp3) is 0.947. The van der Waals surface area contributed by atoms with Crippen molar-refractivity contribution in [1.82, 2.24) is 15.5 Å². The van der Waals surface area contributed by atoms with Gasteiger partial charge in [0.2, 0.25) is 0 Å². The SMILES string of the molecule is CCNC(=NCCCN1CC(C)OC(C)C1)NCCOCCC(C)C.I. The maximum Gasteiger partial charge on any atom is 0.191 e. The van der Waals surface area contributed by atoms with Crippen molar-refractivity contribution >= 4 is 29.9 Å². The molecule has 26 heavy (non-hydrogen) atoms. The van der Waals surface area contributed by atoms with Crippen LogP contribution in [0.1, 0.15) is 47.5 Å².